The van der Waals surface area contributed by atoms with E-state index in [1.54, 1.807) is 17.0 Å². The number of amides is 2. The number of hydrogen-bond acceptors (Lipinski definition) is 7. The molecule has 0 radical (unpaired) electrons. The number of fused-ring (bicyclic) bond motifs is 2. The minimum atomic E-state index is -0.893. The number of nitrogens with one attached hydrogen (secondary N) is 2. The third-order valence-electron chi connectivity index (χ3n) is 8.80. The average Bonchev–Trinajstić information content (AvgIpc) is 3.78. The van der Waals surface area contributed by atoms with Gasteiger partial charge in [-0.3, -0.25) is 9.59 Å². The molecule has 2 atom stereocenters. The zero-order valence-corrected chi connectivity index (χ0v) is 22.9. The topological polar surface area (TPSA) is 131 Å². The normalized spacial score (nSPS) is 21.7. The first-order valence-electron chi connectivity index (χ1n) is 14.4. The van der Waals surface area contributed by atoms with Gasteiger partial charge in [0.1, 0.15) is 11.9 Å². The molecular weight excluding hydrogens is 523 g/mol. The number of rotatable bonds is 7. The molecule has 6 rings (SSSR count). The van der Waals surface area contributed by atoms with Crippen LogP contribution in [0.3, 0.4) is 0 Å². The van der Waals surface area contributed by atoms with Gasteiger partial charge in [-0.1, -0.05) is 17.3 Å². The van der Waals surface area contributed by atoms with Crippen molar-refractivity contribution in [3.05, 3.63) is 75.9 Å². The van der Waals surface area contributed by atoms with Crippen molar-refractivity contribution < 1.29 is 14.0 Å². The first-order valence-corrected chi connectivity index (χ1v) is 14.4. The van der Waals surface area contributed by atoms with E-state index >= 15 is 0 Å². The monoisotopic (exact) mass is 556 g/mol. The highest BCUT2D eigenvalue weighted by atomic mass is 19.1. The number of aromatic nitrogens is 4. The van der Waals surface area contributed by atoms with E-state index in [4.69, 9.17) is 0 Å². The molecule has 0 spiro atoms. The maximum atomic E-state index is 14.5. The highest BCUT2D eigenvalue weighted by Crippen LogP contribution is 2.46. The fraction of sp³-hybridized carbons (Fsp3) is 0.467. The van der Waals surface area contributed by atoms with Gasteiger partial charge >= 0.3 is 0 Å². The van der Waals surface area contributed by atoms with Gasteiger partial charge in [0, 0.05) is 25.2 Å². The molecule has 3 aromatic rings. The molecule has 2 saturated heterocycles. The van der Waals surface area contributed by atoms with Gasteiger partial charge in [-0.15, -0.1) is 10.2 Å². The molecule has 2 fully saturated rings. The van der Waals surface area contributed by atoms with Crippen LogP contribution < -0.4 is 5.32 Å². The maximum Gasteiger partial charge on any atom is 0.253 e. The van der Waals surface area contributed by atoms with Crippen molar-refractivity contribution in [2.45, 2.75) is 56.4 Å². The number of benzene rings is 2. The lowest BCUT2D eigenvalue weighted by atomic mass is 9.69. The van der Waals surface area contributed by atoms with Crippen molar-refractivity contribution in [3.8, 4) is 6.07 Å². The smallest absolute Gasteiger partial charge is 0.253 e. The lowest BCUT2D eigenvalue weighted by Crippen LogP contribution is -2.42. The molecule has 212 valence electrons. The van der Waals surface area contributed by atoms with E-state index in [1.165, 1.54) is 6.07 Å². The van der Waals surface area contributed by atoms with E-state index in [2.05, 4.69) is 32.0 Å². The largest absolute Gasteiger partial charge is 0.339 e. The van der Waals surface area contributed by atoms with Crippen LogP contribution in [0.15, 0.2) is 36.4 Å². The Hall–Kier alpha value is -4.17. The van der Waals surface area contributed by atoms with Crippen LogP contribution in [0.5, 0.6) is 0 Å². The first-order chi connectivity index (χ1) is 20.0. The maximum absolute atomic E-state index is 14.5. The van der Waals surface area contributed by atoms with Crippen LogP contribution in [0.2, 0.25) is 0 Å². The summed E-state index contributed by atoms with van der Waals surface area (Å²) in [5.41, 5.74) is 3.42. The minimum Gasteiger partial charge on any atom is -0.339 e. The van der Waals surface area contributed by atoms with Crippen molar-refractivity contribution in [1.29, 1.82) is 5.26 Å². The summed E-state index contributed by atoms with van der Waals surface area (Å²) in [6, 6.07) is 12.5. The molecule has 10 nitrogen and oxygen atoms in total. The lowest BCUT2D eigenvalue weighted by molar-refractivity contribution is -0.130. The molecule has 2 aliphatic heterocycles. The summed E-state index contributed by atoms with van der Waals surface area (Å²) < 4.78 is 14.5. The molecule has 3 aliphatic rings. The van der Waals surface area contributed by atoms with E-state index in [0.717, 1.165) is 54.6 Å². The molecule has 2 unspecified atom stereocenters. The summed E-state index contributed by atoms with van der Waals surface area (Å²) >= 11 is 0. The number of halogens is 1. The van der Waals surface area contributed by atoms with Gasteiger partial charge in [-0.2, -0.15) is 10.5 Å². The fourth-order valence-electron chi connectivity index (χ4n) is 6.79. The quantitative estimate of drug-likeness (QED) is 0.428. The Kier molecular flexibility index (Phi) is 7.49. The first kappa shape index (κ1) is 27.0. The van der Waals surface area contributed by atoms with E-state index in [0.29, 0.717) is 50.2 Å². The van der Waals surface area contributed by atoms with Crippen LogP contribution in [-0.4, -0.2) is 81.0 Å². The number of aryl methyl sites for hydroxylation is 2. The Bertz CT molecular complexity index is 1480. The third kappa shape index (κ3) is 4.97. The number of tetrazole rings is 1. The molecule has 1 aromatic heterocycles. The number of likely N-dealkylation sites (tertiary alicyclic amines) is 2. The Morgan fingerprint density at radius 3 is 2.56 bits per heavy atom. The molecule has 2 N–H and O–H groups in total. The van der Waals surface area contributed by atoms with Gasteiger partial charge in [0.25, 0.3) is 5.91 Å². The summed E-state index contributed by atoms with van der Waals surface area (Å²) in [5, 5.41) is 28.0. The Morgan fingerprint density at radius 2 is 1.83 bits per heavy atom. The molecule has 0 saturated carbocycles. The standard InChI is InChI=1S/C30H33FN8O2/c31-23-8-10-26-21(17-23)6-5-20-16-22(28(41)38-13-1-2-14-38)7-9-25(20)30(26,29-34-36-37-35-29)11-12-33-19-27(40)39-15-3-4-24(39)18-32/h7-10,16-17,24,33H,1-6,11-15,19H2,(H,34,35,36,37). The van der Waals surface area contributed by atoms with Crippen LogP contribution in [0.25, 0.3) is 0 Å². The van der Waals surface area contributed by atoms with Crippen LogP contribution in [0.4, 0.5) is 4.39 Å². The molecule has 41 heavy (non-hydrogen) atoms. The Labute approximate surface area is 237 Å². The number of aromatic amines is 1. The average molecular weight is 557 g/mol. The van der Waals surface area contributed by atoms with Gasteiger partial charge < -0.3 is 15.1 Å². The van der Waals surface area contributed by atoms with Crippen LogP contribution in [-0.2, 0) is 23.1 Å². The van der Waals surface area contributed by atoms with Gasteiger partial charge in [-0.25, -0.2) is 4.39 Å². The van der Waals surface area contributed by atoms with Crippen LogP contribution in [0, 0.1) is 17.1 Å². The Balaban J connectivity index is 1.36. The summed E-state index contributed by atoms with van der Waals surface area (Å²) in [4.78, 5) is 29.7. The molecule has 1 aliphatic carbocycles. The van der Waals surface area contributed by atoms with Gasteiger partial charge in [0.05, 0.1) is 18.0 Å². The zero-order chi connectivity index (χ0) is 28.4. The predicted molar refractivity (Wildman–Crippen MR) is 147 cm³/mol. The number of carbonyl (C=O) groups excluding carboxylic acids is 2. The van der Waals surface area contributed by atoms with E-state index < -0.39 is 5.41 Å². The molecule has 3 heterocycles. The van der Waals surface area contributed by atoms with E-state index in [-0.39, 0.29) is 30.2 Å². The van der Waals surface area contributed by atoms with Gasteiger partial charge in [-0.05, 0) is 98.0 Å². The van der Waals surface area contributed by atoms with Crippen molar-refractivity contribution in [3.63, 3.8) is 0 Å². The number of H-pyrrole nitrogens is 1. The van der Waals surface area contributed by atoms with Crippen molar-refractivity contribution in [2.75, 3.05) is 32.7 Å². The van der Waals surface area contributed by atoms with Crippen LogP contribution >= 0.6 is 0 Å². The number of carbonyl (C=O) groups is 2. The van der Waals surface area contributed by atoms with Crippen LogP contribution in [0.1, 0.15) is 70.5 Å². The Morgan fingerprint density at radius 1 is 1.07 bits per heavy atom. The summed E-state index contributed by atoms with van der Waals surface area (Å²) in [6.07, 6.45) is 5.26. The molecule has 2 amide bonds. The fourth-order valence-corrected chi connectivity index (χ4v) is 6.79. The predicted octanol–water partition coefficient (Wildman–Crippen LogP) is 2.50. The second kappa shape index (κ2) is 11.4. The van der Waals surface area contributed by atoms with Crippen molar-refractivity contribution >= 4 is 11.8 Å². The number of hydrogen-bond donors (Lipinski definition) is 2. The lowest BCUT2D eigenvalue weighted by Gasteiger charge is -2.34. The summed E-state index contributed by atoms with van der Waals surface area (Å²) in [7, 11) is 0. The molecule has 2 aromatic carbocycles. The minimum absolute atomic E-state index is 0.0287. The summed E-state index contributed by atoms with van der Waals surface area (Å²) in [6.45, 7) is 2.66. The summed E-state index contributed by atoms with van der Waals surface area (Å²) in [5.74, 6) is 0.0600. The highest BCUT2D eigenvalue weighted by Gasteiger charge is 2.44. The zero-order valence-electron chi connectivity index (χ0n) is 22.9. The van der Waals surface area contributed by atoms with E-state index in [1.807, 2.05) is 23.1 Å². The molecule has 11 heteroatoms. The second-order valence-electron chi connectivity index (χ2n) is 11.1. The SMILES string of the molecule is N#CC1CCCN1C(=O)CNCCC1(c2nn[nH]n2)c2ccc(F)cc2CCc2cc(C(=O)N3CCCC3)ccc21. The highest BCUT2D eigenvalue weighted by molar-refractivity contribution is 5.94. The van der Waals surface area contributed by atoms with Gasteiger partial charge in [0.15, 0.2) is 5.82 Å². The third-order valence-corrected chi connectivity index (χ3v) is 8.80. The van der Waals surface area contributed by atoms with E-state index in [9.17, 15) is 19.2 Å². The molecular formula is C30H33FN8O2. The number of nitriles is 1. The van der Waals surface area contributed by atoms with Crippen molar-refractivity contribution in [2.24, 2.45) is 0 Å². The van der Waals surface area contributed by atoms with Gasteiger partial charge in [0.2, 0.25) is 5.91 Å². The second-order valence-corrected chi connectivity index (χ2v) is 11.1. The molecule has 0 bridgehead atoms. The van der Waals surface area contributed by atoms with Crippen molar-refractivity contribution in [1.82, 2.24) is 35.7 Å². The number of nitrogens with zero attached hydrogens (tertiary/aromatic N) is 6.